The van der Waals surface area contributed by atoms with E-state index >= 15 is 0 Å². The first-order valence-electron chi connectivity index (χ1n) is 3.10. The molecule has 4 nitrogen and oxygen atoms in total. The predicted octanol–water partition coefficient (Wildman–Crippen LogP) is -4.09. The number of carbonyl (C=O) groups excluding carboxylic acids is 1. The number of aromatic nitrogens is 1. The summed E-state index contributed by atoms with van der Waals surface area (Å²) in [5.41, 5.74) is 6.01. The van der Waals surface area contributed by atoms with E-state index in [1.54, 1.807) is 6.07 Å². The molecule has 5 heteroatoms. The number of carbonyl (C=O) groups is 1. The van der Waals surface area contributed by atoms with E-state index in [0.29, 0.717) is 6.54 Å². The van der Waals surface area contributed by atoms with E-state index in [-0.39, 0.29) is 35.3 Å². The second kappa shape index (κ2) is 5.27. The topological polar surface area (TPSA) is 79.0 Å². The maximum Gasteiger partial charge on any atom is 1.00 e. The summed E-state index contributed by atoms with van der Waals surface area (Å²) < 4.78 is 0. The molecule has 0 aromatic carbocycles. The van der Waals surface area contributed by atoms with Crippen LogP contribution in [0.1, 0.15) is 16.1 Å². The van der Waals surface area contributed by atoms with E-state index in [9.17, 15) is 9.90 Å². The van der Waals surface area contributed by atoms with E-state index in [1.807, 2.05) is 0 Å². The average Bonchev–Trinajstić information content (AvgIpc) is 2.05. The zero-order valence-corrected chi connectivity index (χ0v) is 8.78. The largest absolute Gasteiger partial charge is 1.00 e. The molecule has 2 N–H and O–H groups in total. The van der Waals surface area contributed by atoms with Crippen molar-refractivity contribution in [3.8, 4) is 0 Å². The quantitative estimate of drug-likeness (QED) is 0.462. The standard InChI is InChI=1S/C7H8N2O2.Na/c8-3-5-1-2-6(7(10)11)9-4-5;/h1-2,4H,3,8H2,(H,10,11);/q;+1/p-1. The molecule has 0 aliphatic rings. The number of nitrogens with zero attached hydrogens (tertiary/aromatic N) is 1. The molecule has 58 valence electrons. The summed E-state index contributed by atoms with van der Waals surface area (Å²) in [7, 11) is 0. The number of carboxylic acid groups (broad SMARTS) is 1. The first-order valence-corrected chi connectivity index (χ1v) is 3.10. The van der Waals surface area contributed by atoms with Gasteiger partial charge in [0.1, 0.15) is 0 Å². The van der Waals surface area contributed by atoms with Gasteiger partial charge in [0, 0.05) is 12.7 Å². The van der Waals surface area contributed by atoms with Crippen molar-refractivity contribution in [1.29, 1.82) is 0 Å². The first-order chi connectivity index (χ1) is 5.24. The van der Waals surface area contributed by atoms with Gasteiger partial charge in [0.05, 0.1) is 11.7 Å². The van der Waals surface area contributed by atoms with Crippen molar-refractivity contribution in [3.05, 3.63) is 29.6 Å². The third-order valence-corrected chi connectivity index (χ3v) is 1.27. The third-order valence-electron chi connectivity index (χ3n) is 1.27. The number of pyridine rings is 1. The van der Waals surface area contributed by atoms with Crippen LogP contribution in [0.3, 0.4) is 0 Å². The van der Waals surface area contributed by atoms with E-state index in [1.165, 1.54) is 12.3 Å². The van der Waals surface area contributed by atoms with Crippen molar-refractivity contribution in [1.82, 2.24) is 4.98 Å². The number of rotatable bonds is 2. The minimum Gasteiger partial charge on any atom is -0.543 e. The van der Waals surface area contributed by atoms with Gasteiger partial charge in [0.2, 0.25) is 0 Å². The molecule has 0 amide bonds. The van der Waals surface area contributed by atoms with Crippen LogP contribution < -0.4 is 40.4 Å². The van der Waals surface area contributed by atoms with Gasteiger partial charge in [-0.2, -0.15) is 0 Å². The van der Waals surface area contributed by atoms with Gasteiger partial charge in [-0.25, -0.2) is 0 Å². The molecule has 0 atom stereocenters. The Balaban J connectivity index is 0.00000121. The molecular weight excluding hydrogens is 167 g/mol. The minimum absolute atomic E-state index is 0. The SMILES string of the molecule is NCc1ccc(C(=O)[O-])nc1.[Na+]. The summed E-state index contributed by atoms with van der Waals surface area (Å²) in [6.07, 6.45) is 1.42. The van der Waals surface area contributed by atoms with Gasteiger partial charge >= 0.3 is 29.6 Å². The number of carboxylic acids is 1. The van der Waals surface area contributed by atoms with Crippen LogP contribution in [-0.2, 0) is 6.54 Å². The van der Waals surface area contributed by atoms with Crippen LogP contribution in [0.15, 0.2) is 18.3 Å². The second-order valence-electron chi connectivity index (χ2n) is 2.04. The summed E-state index contributed by atoms with van der Waals surface area (Å²) in [6, 6.07) is 2.98. The van der Waals surface area contributed by atoms with Crippen LogP contribution in [0.4, 0.5) is 0 Å². The normalized spacial score (nSPS) is 8.75. The Morgan fingerprint density at radius 3 is 2.58 bits per heavy atom. The van der Waals surface area contributed by atoms with Crippen LogP contribution in [-0.4, -0.2) is 11.0 Å². The fourth-order valence-electron chi connectivity index (χ4n) is 0.666. The van der Waals surface area contributed by atoms with Gasteiger partial charge in [-0.1, -0.05) is 6.07 Å². The molecule has 12 heavy (non-hydrogen) atoms. The van der Waals surface area contributed by atoms with Crippen molar-refractivity contribution >= 4 is 5.97 Å². The van der Waals surface area contributed by atoms with Crippen molar-refractivity contribution in [2.45, 2.75) is 6.54 Å². The molecule has 0 spiro atoms. The van der Waals surface area contributed by atoms with Crippen LogP contribution in [0.25, 0.3) is 0 Å². The molecule has 0 saturated carbocycles. The predicted molar refractivity (Wildman–Crippen MR) is 36.5 cm³/mol. The number of nitrogens with two attached hydrogens (primary N) is 1. The summed E-state index contributed by atoms with van der Waals surface area (Å²) in [5.74, 6) is -1.27. The molecule has 0 radical (unpaired) electrons. The zero-order chi connectivity index (χ0) is 8.27. The number of aromatic carboxylic acids is 1. The minimum atomic E-state index is -1.27. The van der Waals surface area contributed by atoms with Gasteiger partial charge in [-0.05, 0) is 11.6 Å². The van der Waals surface area contributed by atoms with Crippen molar-refractivity contribution < 1.29 is 39.5 Å². The second-order valence-corrected chi connectivity index (χ2v) is 2.04. The Bertz CT molecular complexity index is 261. The molecule has 0 aliphatic heterocycles. The van der Waals surface area contributed by atoms with Crippen LogP contribution in [0.5, 0.6) is 0 Å². The summed E-state index contributed by atoms with van der Waals surface area (Å²) in [6.45, 7) is 0.361. The van der Waals surface area contributed by atoms with E-state index in [4.69, 9.17) is 5.73 Å². The molecule has 1 aromatic heterocycles. The van der Waals surface area contributed by atoms with Crippen molar-refractivity contribution in [2.24, 2.45) is 5.73 Å². The fourth-order valence-corrected chi connectivity index (χ4v) is 0.666. The van der Waals surface area contributed by atoms with Gasteiger partial charge in [-0.15, -0.1) is 0 Å². The van der Waals surface area contributed by atoms with Gasteiger partial charge in [0.25, 0.3) is 0 Å². The molecule has 0 bridgehead atoms. The number of hydrogen-bond donors (Lipinski definition) is 1. The fraction of sp³-hybridized carbons (Fsp3) is 0.143. The van der Waals surface area contributed by atoms with Gasteiger partial charge < -0.3 is 15.6 Å². The molecule has 0 aliphatic carbocycles. The summed E-state index contributed by atoms with van der Waals surface area (Å²) >= 11 is 0. The smallest absolute Gasteiger partial charge is 0.543 e. The molecule has 0 saturated heterocycles. The van der Waals surface area contributed by atoms with Crippen LogP contribution in [0, 0.1) is 0 Å². The molecular formula is C7H7N2NaO2. The van der Waals surface area contributed by atoms with Crippen LogP contribution in [0.2, 0.25) is 0 Å². The molecule has 0 unspecified atom stereocenters. The molecule has 1 rings (SSSR count). The Morgan fingerprint density at radius 1 is 1.58 bits per heavy atom. The van der Waals surface area contributed by atoms with Gasteiger partial charge in [-0.3, -0.25) is 4.98 Å². The number of hydrogen-bond acceptors (Lipinski definition) is 4. The maximum absolute atomic E-state index is 10.2. The first kappa shape index (κ1) is 11.6. The Hall–Kier alpha value is -0.420. The zero-order valence-electron chi connectivity index (χ0n) is 6.78. The van der Waals surface area contributed by atoms with Crippen molar-refractivity contribution in [2.75, 3.05) is 0 Å². The van der Waals surface area contributed by atoms with Gasteiger partial charge in [0.15, 0.2) is 0 Å². The molecule has 0 fully saturated rings. The van der Waals surface area contributed by atoms with E-state index in [0.717, 1.165) is 5.56 Å². The third kappa shape index (κ3) is 2.91. The van der Waals surface area contributed by atoms with E-state index in [2.05, 4.69) is 4.98 Å². The maximum atomic E-state index is 10.2. The summed E-state index contributed by atoms with van der Waals surface area (Å²) in [5, 5.41) is 10.2. The Labute approximate surface area is 92.1 Å². The summed E-state index contributed by atoms with van der Waals surface area (Å²) in [4.78, 5) is 13.8. The monoisotopic (exact) mass is 174 g/mol. The van der Waals surface area contributed by atoms with Crippen LogP contribution >= 0.6 is 0 Å². The Kier molecular flexibility index (Phi) is 5.08. The Morgan fingerprint density at radius 2 is 2.25 bits per heavy atom. The molecule has 1 heterocycles. The molecule has 1 aromatic rings. The van der Waals surface area contributed by atoms with E-state index < -0.39 is 5.97 Å². The average molecular weight is 174 g/mol. The van der Waals surface area contributed by atoms with Crippen molar-refractivity contribution in [3.63, 3.8) is 0 Å².